The summed E-state index contributed by atoms with van der Waals surface area (Å²) in [6, 6.07) is 3.52. The average molecular weight is 559 g/mol. The minimum atomic E-state index is -4.84. The molecule has 9 nitrogen and oxygen atoms in total. The number of ether oxygens (including phenoxy) is 2. The Morgan fingerprint density at radius 1 is 1.19 bits per heavy atom. The number of benzene rings is 1. The van der Waals surface area contributed by atoms with Crippen molar-refractivity contribution in [3.8, 4) is 17.6 Å². The largest absolute Gasteiger partial charge is 0.482 e. The average Bonchev–Trinajstić information content (AvgIpc) is 3.15. The van der Waals surface area contributed by atoms with E-state index in [0.717, 1.165) is 0 Å². The summed E-state index contributed by atoms with van der Waals surface area (Å²) in [6.45, 7) is -4.61. The summed E-state index contributed by atoms with van der Waals surface area (Å²) >= 11 is 0. The van der Waals surface area contributed by atoms with Gasteiger partial charge in [0.05, 0.1) is 18.7 Å². The summed E-state index contributed by atoms with van der Waals surface area (Å²) in [5.41, 5.74) is -4.44. The van der Waals surface area contributed by atoms with Crippen LogP contribution in [0, 0.1) is 17.1 Å². The van der Waals surface area contributed by atoms with E-state index in [1.807, 2.05) is 0 Å². The van der Waals surface area contributed by atoms with Crippen molar-refractivity contribution in [3.05, 3.63) is 47.5 Å². The van der Waals surface area contributed by atoms with Gasteiger partial charge in [0, 0.05) is 24.9 Å². The second kappa shape index (κ2) is 9.93. The van der Waals surface area contributed by atoms with E-state index in [9.17, 15) is 49.4 Å². The highest BCUT2D eigenvalue weighted by molar-refractivity contribution is 7.89. The van der Waals surface area contributed by atoms with Crippen molar-refractivity contribution in [2.24, 2.45) is 0 Å². The lowest BCUT2D eigenvalue weighted by molar-refractivity contribution is -0.153. The molecule has 0 amide bonds. The highest BCUT2D eigenvalue weighted by Crippen LogP contribution is 2.37. The molecule has 2 N–H and O–H groups in total. The van der Waals surface area contributed by atoms with Crippen LogP contribution in [0.4, 0.5) is 30.7 Å². The van der Waals surface area contributed by atoms with E-state index in [1.54, 1.807) is 0 Å². The zero-order valence-corrected chi connectivity index (χ0v) is 19.0. The predicted molar refractivity (Wildman–Crippen MR) is 107 cm³/mol. The molecule has 1 saturated heterocycles. The Kier molecular flexibility index (Phi) is 7.61. The fourth-order valence-corrected chi connectivity index (χ4v) is 4.75. The first-order chi connectivity index (χ1) is 17.0. The third kappa shape index (κ3) is 6.21. The Morgan fingerprint density at radius 3 is 2.38 bits per heavy atom. The Hall–Kier alpha value is -3.20. The number of rotatable bonds is 7. The van der Waals surface area contributed by atoms with Gasteiger partial charge in [0.25, 0.3) is 0 Å². The van der Waals surface area contributed by atoms with Gasteiger partial charge >= 0.3 is 12.4 Å². The predicted octanol–water partition coefficient (Wildman–Crippen LogP) is 2.23. The lowest BCUT2D eigenvalue weighted by Crippen LogP contribution is -2.48. The topological polar surface area (TPSA) is 133 Å². The molecule has 0 bridgehead atoms. The Morgan fingerprint density at radius 2 is 1.86 bits per heavy atom. The number of hydrogen-bond donors (Lipinski definition) is 2. The molecule has 0 spiro atoms. The first kappa shape index (κ1) is 28.4. The van der Waals surface area contributed by atoms with Crippen LogP contribution in [0.1, 0.15) is 11.3 Å². The summed E-state index contributed by atoms with van der Waals surface area (Å²) < 4.78 is 127. The SMILES string of the molecule is N#Cc1cc(OCC(F)(F)F)c(O[C@H]2CN(S(=O)(=O)c3ccc(C(F)(F)F)nc3)C[C@@]2(O)CO)cc1F. The summed E-state index contributed by atoms with van der Waals surface area (Å²) in [5.74, 6) is -2.74. The lowest BCUT2D eigenvalue weighted by atomic mass is 10.0. The number of aliphatic hydroxyl groups is 2. The third-order valence-electron chi connectivity index (χ3n) is 5.17. The molecule has 2 aromatic rings. The molecule has 2 atom stereocenters. The molecule has 0 saturated carbocycles. The summed E-state index contributed by atoms with van der Waals surface area (Å²) in [5, 5.41) is 29.4. The number of alkyl halides is 6. The highest BCUT2D eigenvalue weighted by Gasteiger charge is 2.51. The van der Waals surface area contributed by atoms with Crippen molar-refractivity contribution in [2.45, 2.75) is 29.0 Å². The van der Waals surface area contributed by atoms with Crippen LogP contribution in [0.15, 0.2) is 35.4 Å². The van der Waals surface area contributed by atoms with Crippen LogP contribution in [-0.4, -0.2) is 72.1 Å². The molecule has 37 heavy (non-hydrogen) atoms. The summed E-state index contributed by atoms with van der Waals surface area (Å²) in [4.78, 5) is 2.36. The van der Waals surface area contributed by atoms with Gasteiger partial charge in [-0.25, -0.2) is 12.8 Å². The van der Waals surface area contributed by atoms with Gasteiger partial charge in [-0.3, -0.25) is 4.98 Å². The number of hydrogen-bond acceptors (Lipinski definition) is 8. The van der Waals surface area contributed by atoms with Gasteiger partial charge in [-0.15, -0.1) is 0 Å². The van der Waals surface area contributed by atoms with Gasteiger partial charge in [0.1, 0.15) is 34.2 Å². The van der Waals surface area contributed by atoms with Crippen molar-refractivity contribution in [3.63, 3.8) is 0 Å². The van der Waals surface area contributed by atoms with Crippen LogP contribution in [0.3, 0.4) is 0 Å². The van der Waals surface area contributed by atoms with E-state index in [1.165, 1.54) is 6.07 Å². The van der Waals surface area contributed by atoms with Gasteiger partial charge in [-0.2, -0.15) is 35.9 Å². The normalized spacial score (nSPS) is 21.0. The van der Waals surface area contributed by atoms with Crippen molar-refractivity contribution in [2.75, 3.05) is 26.3 Å². The Labute approximate surface area is 204 Å². The molecule has 1 aliphatic rings. The number of pyridine rings is 1. The molecule has 3 rings (SSSR count). The maximum Gasteiger partial charge on any atom is 0.433 e. The Bertz CT molecular complexity index is 1300. The van der Waals surface area contributed by atoms with Crippen molar-refractivity contribution in [1.82, 2.24) is 9.29 Å². The second-order valence-corrected chi connectivity index (χ2v) is 9.78. The maximum absolute atomic E-state index is 14.2. The van der Waals surface area contributed by atoms with E-state index in [2.05, 4.69) is 9.72 Å². The van der Waals surface area contributed by atoms with Gasteiger partial charge in [0.15, 0.2) is 18.1 Å². The van der Waals surface area contributed by atoms with E-state index >= 15 is 0 Å². The van der Waals surface area contributed by atoms with Gasteiger partial charge < -0.3 is 19.7 Å². The van der Waals surface area contributed by atoms with E-state index in [4.69, 9.17) is 10.00 Å². The summed E-state index contributed by atoms with van der Waals surface area (Å²) in [6.07, 6.45) is -11.0. The van der Waals surface area contributed by atoms with Crippen LogP contribution < -0.4 is 9.47 Å². The number of nitrogens with zero attached hydrogens (tertiary/aromatic N) is 3. The van der Waals surface area contributed by atoms with Crippen molar-refractivity contribution >= 4 is 10.0 Å². The molecule has 0 aliphatic carbocycles. The van der Waals surface area contributed by atoms with Crippen LogP contribution >= 0.6 is 0 Å². The molecule has 1 aromatic heterocycles. The number of aliphatic hydroxyl groups excluding tert-OH is 1. The lowest BCUT2D eigenvalue weighted by Gasteiger charge is -2.28. The zero-order chi connectivity index (χ0) is 27.8. The number of aromatic nitrogens is 1. The molecule has 1 aliphatic heterocycles. The number of nitriles is 1. The van der Waals surface area contributed by atoms with E-state index in [0.29, 0.717) is 34.8 Å². The highest BCUT2D eigenvalue weighted by atomic mass is 32.2. The quantitative estimate of drug-likeness (QED) is 0.494. The first-order valence-corrected chi connectivity index (χ1v) is 11.4. The number of sulfonamides is 1. The molecule has 17 heteroatoms. The van der Waals surface area contributed by atoms with Gasteiger partial charge in [-0.05, 0) is 12.1 Å². The summed E-state index contributed by atoms with van der Waals surface area (Å²) in [7, 11) is -4.61. The van der Waals surface area contributed by atoms with E-state index < -0.39 is 93.9 Å². The first-order valence-electron chi connectivity index (χ1n) is 9.96. The van der Waals surface area contributed by atoms with Crippen LogP contribution in [0.25, 0.3) is 0 Å². The van der Waals surface area contributed by atoms with Gasteiger partial charge in [0.2, 0.25) is 10.0 Å². The Balaban J connectivity index is 1.92. The minimum Gasteiger partial charge on any atom is -0.482 e. The monoisotopic (exact) mass is 559 g/mol. The van der Waals surface area contributed by atoms with E-state index in [-0.39, 0.29) is 0 Å². The zero-order valence-electron chi connectivity index (χ0n) is 18.2. The molecule has 0 unspecified atom stereocenters. The molecule has 1 fully saturated rings. The second-order valence-electron chi connectivity index (χ2n) is 7.84. The number of β-amino-alcohol motifs (C(OH)–C–C–N with tert-alkyl or cyclic N) is 1. The molecule has 2 heterocycles. The molecular weight excluding hydrogens is 543 g/mol. The van der Waals surface area contributed by atoms with Crippen LogP contribution in [0.5, 0.6) is 11.5 Å². The molecule has 0 radical (unpaired) electrons. The van der Waals surface area contributed by atoms with Crippen molar-refractivity contribution in [1.29, 1.82) is 5.26 Å². The third-order valence-corrected chi connectivity index (χ3v) is 6.97. The fraction of sp³-hybridized carbons (Fsp3) is 0.400. The molecule has 202 valence electrons. The smallest absolute Gasteiger partial charge is 0.433 e. The van der Waals surface area contributed by atoms with Crippen LogP contribution in [0.2, 0.25) is 0 Å². The molecule has 1 aromatic carbocycles. The molecular formula is C20H16F7N3O6S. The number of halogens is 7. The van der Waals surface area contributed by atoms with Crippen molar-refractivity contribution < 1.29 is 58.8 Å². The van der Waals surface area contributed by atoms with Gasteiger partial charge in [-0.1, -0.05) is 0 Å². The standard InChI is InChI=1S/C20H16F7N3O6S/c21-13-4-15(14(3-11(13)5-28)35-10-19(22,23)24)36-17-7-30(8-18(17,32)9-31)37(33,34)12-1-2-16(29-6-12)20(25,26)27/h1-4,6,17,31-32H,7-10H2/t17-,18+/m0/s1. The fourth-order valence-electron chi connectivity index (χ4n) is 3.30. The minimum absolute atomic E-state index is 0.416. The maximum atomic E-state index is 14.2. The van der Waals surface area contributed by atoms with Crippen LogP contribution in [-0.2, 0) is 16.2 Å².